The van der Waals surface area contributed by atoms with E-state index in [1.807, 2.05) is 60.7 Å². The van der Waals surface area contributed by atoms with Crippen molar-refractivity contribution in [3.8, 4) is 17.2 Å². The molecule has 0 spiro atoms. The number of para-hydroxylation sites is 1. The molecule has 6 nitrogen and oxygen atoms in total. The quantitative estimate of drug-likeness (QED) is 0.576. The van der Waals surface area contributed by atoms with Crippen molar-refractivity contribution in [1.82, 2.24) is 0 Å². The topological polar surface area (TPSA) is 69.2 Å². The minimum atomic E-state index is -0.247. The van der Waals surface area contributed by atoms with E-state index < -0.39 is 0 Å². The molecule has 0 aliphatic heterocycles. The molecule has 6 heteroatoms. The van der Waals surface area contributed by atoms with Crippen molar-refractivity contribution in [3.63, 3.8) is 0 Å². The number of hydrogen-bond acceptors (Lipinski definition) is 5. The van der Waals surface area contributed by atoms with E-state index >= 15 is 0 Å². The fourth-order valence-corrected chi connectivity index (χ4v) is 2.56. The average molecular weight is 390 g/mol. The van der Waals surface area contributed by atoms with Crippen LogP contribution in [0.2, 0.25) is 0 Å². The van der Waals surface area contributed by atoms with Crippen molar-refractivity contribution in [1.29, 1.82) is 0 Å². The number of benzene rings is 3. The molecule has 0 saturated carbocycles. The predicted molar refractivity (Wildman–Crippen MR) is 114 cm³/mol. The molecule has 0 aliphatic rings. The zero-order chi connectivity index (χ0) is 20.5. The van der Waals surface area contributed by atoms with Crippen molar-refractivity contribution < 1.29 is 19.0 Å². The monoisotopic (exact) mass is 390 g/mol. The van der Waals surface area contributed by atoms with E-state index in [4.69, 9.17) is 14.2 Å². The van der Waals surface area contributed by atoms with Gasteiger partial charge in [0.2, 0.25) is 0 Å². The summed E-state index contributed by atoms with van der Waals surface area (Å²) in [6, 6.07) is 22.1. The first-order valence-electron chi connectivity index (χ1n) is 9.02. The molecule has 0 bridgehead atoms. The van der Waals surface area contributed by atoms with Gasteiger partial charge in [0.25, 0.3) is 5.91 Å². The van der Waals surface area contributed by atoms with E-state index in [0.29, 0.717) is 11.5 Å². The number of nitrogens with zero attached hydrogens (tertiary/aromatic N) is 1. The molecule has 148 valence electrons. The Kier molecular flexibility index (Phi) is 6.84. The fraction of sp³-hybridized carbons (Fsp3) is 0.130. The van der Waals surface area contributed by atoms with Crippen LogP contribution >= 0.6 is 0 Å². The van der Waals surface area contributed by atoms with E-state index in [2.05, 4.69) is 10.3 Å². The predicted octanol–water partition coefficient (Wildman–Crippen LogP) is 4.47. The second-order valence-corrected chi connectivity index (χ2v) is 6.07. The maximum Gasteiger partial charge on any atom is 0.262 e. The van der Waals surface area contributed by atoms with Crippen LogP contribution in [0.3, 0.4) is 0 Å². The van der Waals surface area contributed by atoms with Crippen LogP contribution in [0.1, 0.15) is 5.56 Å². The highest BCUT2D eigenvalue weighted by molar-refractivity contribution is 5.91. The zero-order valence-electron chi connectivity index (χ0n) is 16.3. The van der Waals surface area contributed by atoms with Crippen molar-refractivity contribution >= 4 is 23.5 Å². The number of methoxy groups -OCH3 is 2. The van der Waals surface area contributed by atoms with Crippen molar-refractivity contribution in [2.45, 2.75) is 0 Å². The van der Waals surface area contributed by atoms with Crippen LogP contribution in [0, 0.1) is 0 Å². The fourth-order valence-electron chi connectivity index (χ4n) is 2.56. The third-order valence-corrected chi connectivity index (χ3v) is 4.04. The van der Waals surface area contributed by atoms with Crippen LogP contribution in [0.25, 0.3) is 0 Å². The molecular weight excluding hydrogens is 368 g/mol. The van der Waals surface area contributed by atoms with E-state index in [0.717, 1.165) is 22.7 Å². The van der Waals surface area contributed by atoms with Gasteiger partial charge in [-0.3, -0.25) is 9.79 Å². The Balaban J connectivity index is 1.62. The van der Waals surface area contributed by atoms with Gasteiger partial charge in [-0.05, 0) is 60.2 Å². The third kappa shape index (κ3) is 5.84. The first kappa shape index (κ1) is 19.9. The summed E-state index contributed by atoms with van der Waals surface area (Å²) < 4.78 is 16.1. The van der Waals surface area contributed by atoms with Crippen molar-refractivity contribution in [2.24, 2.45) is 4.99 Å². The minimum absolute atomic E-state index is 0.120. The summed E-state index contributed by atoms with van der Waals surface area (Å²) in [6.07, 6.45) is 1.73. The van der Waals surface area contributed by atoms with E-state index in [1.54, 1.807) is 32.6 Å². The maximum atomic E-state index is 12.1. The number of anilines is 1. The lowest BCUT2D eigenvalue weighted by atomic mass is 10.2. The molecule has 0 atom stereocenters. The third-order valence-electron chi connectivity index (χ3n) is 4.04. The van der Waals surface area contributed by atoms with Crippen molar-refractivity contribution in [3.05, 3.63) is 78.4 Å². The van der Waals surface area contributed by atoms with Gasteiger partial charge in [0.05, 0.1) is 19.9 Å². The second-order valence-electron chi connectivity index (χ2n) is 6.07. The molecule has 1 amide bonds. The van der Waals surface area contributed by atoms with E-state index in [1.165, 1.54) is 0 Å². The number of ether oxygens (including phenoxy) is 3. The molecule has 0 aliphatic carbocycles. The van der Waals surface area contributed by atoms with Crippen molar-refractivity contribution in [2.75, 3.05) is 26.1 Å². The Hall–Kier alpha value is -3.80. The van der Waals surface area contributed by atoms with Gasteiger partial charge in [0, 0.05) is 11.9 Å². The van der Waals surface area contributed by atoms with Gasteiger partial charge in [-0.2, -0.15) is 0 Å². The van der Waals surface area contributed by atoms with E-state index in [9.17, 15) is 4.79 Å². The summed E-state index contributed by atoms with van der Waals surface area (Å²) in [5.41, 5.74) is 2.37. The summed E-state index contributed by atoms with van der Waals surface area (Å²) in [7, 11) is 3.18. The number of nitrogens with one attached hydrogen (secondary N) is 1. The highest BCUT2D eigenvalue weighted by atomic mass is 16.5. The van der Waals surface area contributed by atoms with Crippen LogP contribution < -0.4 is 19.5 Å². The lowest BCUT2D eigenvalue weighted by molar-refractivity contribution is -0.118. The molecule has 0 saturated heterocycles. The Bertz CT molecular complexity index is 970. The Morgan fingerprint density at radius 2 is 1.69 bits per heavy atom. The lowest BCUT2D eigenvalue weighted by Crippen LogP contribution is -2.20. The van der Waals surface area contributed by atoms with Gasteiger partial charge in [0.1, 0.15) is 5.75 Å². The van der Waals surface area contributed by atoms with Crippen LogP contribution in [0.15, 0.2) is 77.8 Å². The zero-order valence-corrected chi connectivity index (χ0v) is 16.3. The molecule has 3 aromatic carbocycles. The smallest absolute Gasteiger partial charge is 0.262 e. The largest absolute Gasteiger partial charge is 0.497 e. The van der Waals surface area contributed by atoms with Crippen LogP contribution in [-0.2, 0) is 4.79 Å². The van der Waals surface area contributed by atoms with Gasteiger partial charge in [0.15, 0.2) is 18.1 Å². The van der Waals surface area contributed by atoms with Gasteiger partial charge in [-0.15, -0.1) is 0 Å². The van der Waals surface area contributed by atoms with Crippen LogP contribution in [0.4, 0.5) is 11.4 Å². The number of hydrogen-bond donors (Lipinski definition) is 1. The SMILES string of the molecule is COc1ccc(N=Cc2ccc(OCC(=O)Nc3ccccc3)c(OC)c2)cc1. The molecule has 29 heavy (non-hydrogen) atoms. The maximum absolute atomic E-state index is 12.1. The summed E-state index contributed by atoms with van der Waals surface area (Å²) >= 11 is 0. The lowest BCUT2D eigenvalue weighted by Gasteiger charge is -2.11. The number of carbonyl (C=O) groups excluding carboxylic acids is 1. The van der Waals surface area contributed by atoms with Gasteiger partial charge >= 0.3 is 0 Å². The first-order chi connectivity index (χ1) is 14.2. The van der Waals surface area contributed by atoms with Gasteiger partial charge < -0.3 is 19.5 Å². The molecule has 3 aromatic rings. The Morgan fingerprint density at radius 3 is 2.38 bits per heavy atom. The molecule has 3 rings (SSSR count). The summed E-state index contributed by atoms with van der Waals surface area (Å²) in [5, 5.41) is 2.77. The molecule has 0 radical (unpaired) electrons. The summed E-state index contributed by atoms with van der Waals surface area (Å²) in [5.74, 6) is 1.54. The Labute approximate surface area is 169 Å². The summed E-state index contributed by atoms with van der Waals surface area (Å²) in [6.45, 7) is -0.120. The minimum Gasteiger partial charge on any atom is -0.497 e. The van der Waals surface area contributed by atoms with Crippen LogP contribution in [-0.4, -0.2) is 32.9 Å². The average Bonchev–Trinajstić information content (AvgIpc) is 2.77. The molecule has 0 fully saturated rings. The molecule has 0 aromatic heterocycles. The number of carbonyl (C=O) groups is 1. The summed E-state index contributed by atoms with van der Waals surface area (Å²) in [4.78, 5) is 16.5. The molecular formula is C23H22N2O4. The number of rotatable bonds is 8. The molecule has 0 unspecified atom stereocenters. The molecule has 1 N–H and O–H groups in total. The standard InChI is InChI=1S/C23H22N2O4/c1-27-20-11-9-18(10-12-20)24-15-17-8-13-21(22(14-17)28-2)29-16-23(26)25-19-6-4-3-5-7-19/h3-15H,16H2,1-2H3,(H,25,26). The highest BCUT2D eigenvalue weighted by Gasteiger charge is 2.08. The Morgan fingerprint density at radius 1 is 0.931 bits per heavy atom. The van der Waals surface area contributed by atoms with Gasteiger partial charge in [-0.25, -0.2) is 0 Å². The number of aliphatic imine (C=N–C) groups is 1. The normalized spacial score (nSPS) is 10.6. The highest BCUT2D eigenvalue weighted by Crippen LogP contribution is 2.28. The first-order valence-corrected chi connectivity index (χ1v) is 9.02. The number of amides is 1. The second kappa shape index (κ2) is 9.94. The molecule has 0 heterocycles. The van der Waals surface area contributed by atoms with Crippen LogP contribution in [0.5, 0.6) is 17.2 Å². The van der Waals surface area contributed by atoms with Gasteiger partial charge in [-0.1, -0.05) is 18.2 Å². The van der Waals surface area contributed by atoms with E-state index in [-0.39, 0.29) is 12.5 Å².